The number of esters is 1. The summed E-state index contributed by atoms with van der Waals surface area (Å²) in [7, 11) is 2.97. The van der Waals surface area contributed by atoms with Gasteiger partial charge < -0.3 is 25.8 Å². The molecule has 0 atom stereocenters. The Balaban J connectivity index is 1.70. The predicted molar refractivity (Wildman–Crippen MR) is 120 cm³/mol. The zero-order valence-electron chi connectivity index (χ0n) is 17.3. The van der Waals surface area contributed by atoms with Gasteiger partial charge in [0.05, 0.1) is 43.3 Å². The van der Waals surface area contributed by atoms with Crippen molar-refractivity contribution in [2.24, 2.45) is 5.73 Å². The Hall–Kier alpha value is -3.84. The Labute approximate surface area is 180 Å². The van der Waals surface area contributed by atoms with Crippen molar-refractivity contribution in [3.63, 3.8) is 0 Å². The number of benzene rings is 3. The van der Waals surface area contributed by atoms with Crippen molar-refractivity contribution in [3.05, 3.63) is 71.3 Å². The molecule has 0 unspecified atom stereocenters. The normalized spacial score (nSPS) is 12.0. The maximum atomic E-state index is 12.8. The summed E-state index contributed by atoms with van der Waals surface area (Å²) < 4.78 is 10.2. The number of amides is 1. The second-order valence-corrected chi connectivity index (χ2v) is 7.20. The molecule has 3 aromatic carbocycles. The first-order valence-corrected chi connectivity index (χ1v) is 9.82. The minimum atomic E-state index is -0.336. The van der Waals surface area contributed by atoms with E-state index in [4.69, 9.17) is 15.2 Å². The number of rotatable bonds is 5. The Morgan fingerprint density at radius 3 is 2.42 bits per heavy atom. The summed E-state index contributed by atoms with van der Waals surface area (Å²) in [5.74, 6) is 0.167. The van der Waals surface area contributed by atoms with Gasteiger partial charge in [-0.1, -0.05) is 24.3 Å². The van der Waals surface area contributed by atoms with Crippen LogP contribution in [-0.4, -0.2) is 26.1 Å². The molecule has 4 N–H and O–H groups in total. The molecule has 0 saturated heterocycles. The lowest BCUT2D eigenvalue weighted by Gasteiger charge is -2.13. The Morgan fingerprint density at radius 1 is 0.903 bits per heavy atom. The molecule has 0 spiro atoms. The monoisotopic (exact) mass is 417 g/mol. The lowest BCUT2D eigenvalue weighted by atomic mass is 10.00. The Kier molecular flexibility index (Phi) is 5.60. The van der Waals surface area contributed by atoms with Crippen molar-refractivity contribution >= 4 is 28.9 Å². The van der Waals surface area contributed by atoms with Crippen LogP contribution in [0.25, 0.3) is 11.1 Å². The number of ether oxygens (including phenoxy) is 2. The van der Waals surface area contributed by atoms with Crippen LogP contribution in [-0.2, 0) is 22.5 Å². The number of methoxy groups -OCH3 is 2. The van der Waals surface area contributed by atoms with Crippen LogP contribution in [0, 0.1) is 0 Å². The predicted octanol–water partition coefficient (Wildman–Crippen LogP) is 3.85. The van der Waals surface area contributed by atoms with E-state index in [9.17, 15) is 9.59 Å². The van der Waals surface area contributed by atoms with Gasteiger partial charge in [0, 0.05) is 12.1 Å². The average Bonchev–Trinajstić information content (AvgIpc) is 2.93. The van der Waals surface area contributed by atoms with E-state index in [2.05, 4.69) is 10.6 Å². The molecule has 7 nitrogen and oxygen atoms in total. The van der Waals surface area contributed by atoms with Crippen molar-refractivity contribution in [1.82, 2.24) is 0 Å². The topological polar surface area (TPSA) is 103 Å². The summed E-state index contributed by atoms with van der Waals surface area (Å²) in [6, 6.07) is 16.9. The van der Waals surface area contributed by atoms with Gasteiger partial charge in [0.2, 0.25) is 0 Å². The van der Waals surface area contributed by atoms with Crippen molar-refractivity contribution < 1.29 is 19.1 Å². The number of carbonyl (C=O) groups is 2. The van der Waals surface area contributed by atoms with E-state index in [0.717, 1.165) is 33.7 Å². The molecule has 1 amide bonds. The fraction of sp³-hybridized carbons (Fsp3) is 0.167. The smallest absolute Gasteiger partial charge is 0.309 e. The molecule has 0 bridgehead atoms. The molecule has 0 fully saturated rings. The second-order valence-electron chi connectivity index (χ2n) is 7.20. The van der Waals surface area contributed by atoms with Gasteiger partial charge in [0.1, 0.15) is 5.75 Å². The van der Waals surface area contributed by atoms with Gasteiger partial charge in [0.25, 0.3) is 5.91 Å². The maximum absolute atomic E-state index is 12.8. The van der Waals surface area contributed by atoms with Crippen LogP contribution >= 0.6 is 0 Å². The highest BCUT2D eigenvalue weighted by Crippen LogP contribution is 2.36. The molecule has 1 aliphatic rings. The first kappa shape index (κ1) is 20.4. The summed E-state index contributed by atoms with van der Waals surface area (Å²) in [4.78, 5) is 24.4. The van der Waals surface area contributed by atoms with Crippen LogP contribution < -0.4 is 21.1 Å². The molecular formula is C24H23N3O4. The molecule has 31 heavy (non-hydrogen) atoms. The van der Waals surface area contributed by atoms with E-state index < -0.39 is 0 Å². The second kappa shape index (κ2) is 8.49. The molecule has 158 valence electrons. The zero-order chi connectivity index (χ0) is 22.0. The summed E-state index contributed by atoms with van der Waals surface area (Å²) in [6.45, 7) is 0.393. The number of nitrogens with one attached hydrogen (secondary N) is 2. The molecule has 1 aliphatic heterocycles. The van der Waals surface area contributed by atoms with E-state index in [1.165, 1.54) is 7.11 Å². The molecule has 0 aliphatic carbocycles. The number of anilines is 3. The van der Waals surface area contributed by atoms with Gasteiger partial charge in [-0.05, 0) is 47.0 Å². The van der Waals surface area contributed by atoms with Crippen molar-refractivity contribution in [1.29, 1.82) is 0 Å². The van der Waals surface area contributed by atoms with E-state index in [1.807, 2.05) is 42.5 Å². The van der Waals surface area contributed by atoms with Crippen LogP contribution in [0.15, 0.2) is 54.6 Å². The van der Waals surface area contributed by atoms with Gasteiger partial charge in [-0.3, -0.25) is 9.59 Å². The zero-order valence-corrected chi connectivity index (χ0v) is 17.3. The molecule has 1 heterocycles. The molecule has 4 rings (SSSR count). The summed E-state index contributed by atoms with van der Waals surface area (Å²) in [5, 5.41) is 6.25. The van der Waals surface area contributed by atoms with Gasteiger partial charge in [-0.25, -0.2) is 0 Å². The summed E-state index contributed by atoms with van der Waals surface area (Å²) >= 11 is 0. The minimum absolute atomic E-state index is 0.136. The molecule has 3 aromatic rings. The third-order valence-corrected chi connectivity index (χ3v) is 5.28. The van der Waals surface area contributed by atoms with Crippen molar-refractivity contribution in [2.75, 3.05) is 24.9 Å². The third-order valence-electron chi connectivity index (χ3n) is 5.28. The molecular weight excluding hydrogens is 394 g/mol. The number of hydrogen-bond donors (Lipinski definition) is 3. The first-order chi connectivity index (χ1) is 15.0. The standard InChI is InChI=1S/C24H23N3O4/c1-30-22-12-16(4-5-17(22)13-25)15-6-7-18-20(11-15)26-19-8-3-14(10-23(28)31-2)9-21(19)27-24(18)29/h3-9,11-12,26H,10,13,25H2,1-2H3,(H,27,29). The molecule has 7 heteroatoms. The van der Waals surface area contributed by atoms with E-state index in [1.54, 1.807) is 19.2 Å². The lowest BCUT2D eigenvalue weighted by molar-refractivity contribution is -0.139. The number of fused-ring (bicyclic) bond motifs is 2. The molecule has 0 aromatic heterocycles. The number of hydrogen-bond acceptors (Lipinski definition) is 6. The van der Waals surface area contributed by atoms with E-state index in [-0.39, 0.29) is 18.3 Å². The number of nitrogens with two attached hydrogens (primary N) is 1. The Morgan fingerprint density at radius 2 is 1.68 bits per heavy atom. The highest BCUT2D eigenvalue weighted by Gasteiger charge is 2.20. The van der Waals surface area contributed by atoms with Gasteiger partial charge in [-0.15, -0.1) is 0 Å². The molecule has 0 saturated carbocycles. The lowest BCUT2D eigenvalue weighted by Crippen LogP contribution is -2.11. The maximum Gasteiger partial charge on any atom is 0.309 e. The third kappa shape index (κ3) is 4.08. The van der Waals surface area contributed by atoms with Crippen LogP contribution in [0.1, 0.15) is 21.5 Å². The van der Waals surface area contributed by atoms with Crippen LogP contribution in [0.3, 0.4) is 0 Å². The van der Waals surface area contributed by atoms with E-state index in [0.29, 0.717) is 23.5 Å². The van der Waals surface area contributed by atoms with Crippen LogP contribution in [0.4, 0.5) is 17.1 Å². The van der Waals surface area contributed by atoms with Gasteiger partial charge in [-0.2, -0.15) is 0 Å². The highest BCUT2D eigenvalue weighted by atomic mass is 16.5. The van der Waals surface area contributed by atoms with Crippen LogP contribution in [0.2, 0.25) is 0 Å². The van der Waals surface area contributed by atoms with Crippen LogP contribution in [0.5, 0.6) is 5.75 Å². The number of carbonyl (C=O) groups excluding carboxylic acids is 2. The fourth-order valence-corrected chi connectivity index (χ4v) is 3.61. The Bertz CT molecular complexity index is 1170. The van der Waals surface area contributed by atoms with Gasteiger partial charge >= 0.3 is 5.97 Å². The summed E-state index contributed by atoms with van der Waals surface area (Å²) in [5.41, 5.74) is 11.9. The SMILES string of the molecule is COC(=O)Cc1ccc2c(c1)NC(=O)c1ccc(-c3ccc(CN)c(OC)c3)cc1N2. The first-order valence-electron chi connectivity index (χ1n) is 9.82. The summed E-state index contributed by atoms with van der Waals surface area (Å²) in [6.07, 6.45) is 0.136. The average molecular weight is 417 g/mol. The van der Waals surface area contributed by atoms with Crippen molar-refractivity contribution in [3.8, 4) is 16.9 Å². The molecule has 0 radical (unpaired) electrons. The fourth-order valence-electron chi connectivity index (χ4n) is 3.61. The largest absolute Gasteiger partial charge is 0.496 e. The van der Waals surface area contributed by atoms with Crippen molar-refractivity contribution in [2.45, 2.75) is 13.0 Å². The highest BCUT2D eigenvalue weighted by molar-refractivity contribution is 6.12. The van der Waals surface area contributed by atoms with E-state index >= 15 is 0 Å². The minimum Gasteiger partial charge on any atom is -0.496 e. The quantitative estimate of drug-likeness (QED) is 0.545. The van der Waals surface area contributed by atoms with Gasteiger partial charge in [0.15, 0.2) is 0 Å².